The Hall–Kier alpha value is -2.04. The van der Waals surface area contributed by atoms with Crippen molar-refractivity contribution in [3.63, 3.8) is 0 Å². The van der Waals surface area contributed by atoms with E-state index < -0.39 is 0 Å². The van der Waals surface area contributed by atoms with Gasteiger partial charge in [-0.15, -0.1) is 0 Å². The second-order valence-corrected chi connectivity index (χ2v) is 4.22. The van der Waals surface area contributed by atoms with E-state index in [0.717, 1.165) is 36.2 Å². The van der Waals surface area contributed by atoms with Crippen molar-refractivity contribution in [2.24, 2.45) is 0 Å². The van der Waals surface area contributed by atoms with Crippen LogP contribution < -0.4 is 10.2 Å². The molecule has 19 heavy (non-hydrogen) atoms. The highest BCUT2D eigenvalue weighted by atomic mass is 16.3. The number of nitrogens with zero attached hydrogens (tertiary/aromatic N) is 3. The van der Waals surface area contributed by atoms with Gasteiger partial charge in [-0.1, -0.05) is 6.92 Å². The van der Waals surface area contributed by atoms with E-state index in [-0.39, 0.29) is 0 Å². The summed E-state index contributed by atoms with van der Waals surface area (Å²) in [5.74, 6) is 3.55. The molecule has 2 aromatic rings. The monoisotopic (exact) mass is 260 g/mol. The molecule has 0 fully saturated rings. The third-order valence-electron chi connectivity index (χ3n) is 2.96. The Bertz CT molecular complexity index is 488. The molecule has 0 spiro atoms. The number of aromatic nitrogens is 2. The average molecular weight is 260 g/mol. The molecule has 0 aliphatic carbocycles. The summed E-state index contributed by atoms with van der Waals surface area (Å²) in [6, 6.07) is 5.84. The fraction of sp³-hybridized carbons (Fsp3) is 0.429. The Morgan fingerprint density at radius 2 is 2.16 bits per heavy atom. The fourth-order valence-corrected chi connectivity index (χ4v) is 1.88. The van der Waals surface area contributed by atoms with Crippen LogP contribution >= 0.6 is 0 Å². The van der Waals surface area contributed by atoms with E-state index in [1.165, 1.54) is 0 Å². The Balaban J connectivity index is 2.26. The third-order valence-corrected chi connectivity index (χ3v) is 2.96. The van der Waals surface area contributed by atoms with Crippen molar-refractivity contribution in [3.05, 3.63) is 36.0 Å². The molecule has 0 aromatic carbocycles. The summed E-state index contributed by atoms with van der Waals surface area (Å²) in [7, 11) is 1.87. The highest BCUT2D eigenvalue weighted by molar-refractivity contribution is 5.49. The normalized spacial score (nSPS) is 10.5. The summed E-state index contributed by atoms with van der Waals surface area (Å²) < 4.78 is 5.40. The molecule has 0 amide bonds. The number of rotatable bonds is 6. The lowest BCUT2D eigenvalue weighted by molar-refractivity contribution is 0.502. The van der Waals surface area contributed by atoms with Crippen molar-refractivity contribution in [1.29, 1.82) is 0 Å². The first kappa shape index (κ1) is 13.4. The highest BCUT2D eigenvalue weighted by Crippen LogP contribution is 2.18. The second-order valence-electron chi connectivity index (χ2n) is 4.22. The number of hydrogen-bond donors (Lipinski definition) is 1. The molecular formula is C14H20N4O. The molecule has 0 bridgehead atoms. The quantitative estimate of drug-likeness (QED) is 0.865. The van der Waals surface area contributed by atoms with Gasteiger partial charge in [0.1, 0.15) is 23.2 Å². The lowest BCUT2D eigenvalue weighted by atomic mass is 10.3. The van der Waals surface area contributed by atoms with Crippen molar-refractivity contribution in [2.45, 2.75) is 26.8 Å². The first-order valence-electron chi connectivity index (χ1n) is 6.59. The van der Waals surface area contributed by atoms with Gasteiger partial charge in [0.15, 0.2) is 0 Å². The average Bonchev–Trinajstić information content (AvgIpc) is 2.97. The molecule has 5 heteroatoms. The second kappa shape index (κ2) is 6.22. The summed E-state index contributed by atoms with van der Waals surface area (Å²) in [4.78, 5) is 11.2. The standard InChI is InChI=1S/C14H20N4O/c1-4-12-16-13(15-3)9-14(17-12)18(5-2)10-11-7-6-8-19-11/h6-9H,4-5,10H2,1-3H3,(H,15,16,17). The van der Waals surface area contributed by atoms with E-state index >= 15 is 0 Å². The largest absolute Gasteiger partial charge is 0.467 e. The van der Waals surface area contributed by atoms with Gasteiger partial charge in [-0.05, 0) is 19.1 Å². The van der Waals surface area contributed by atoms with E-state index in [4.69, 9.17) is 4.42 Å². The van der Waals surface area contributed by atoms with Crippen LogP contribution in [-0.2, 0) is 13.0 Å². The molecule has 0 unspecified atom stereocenters. The molecule has 0 saturated heterocycles. The van der Waals surface area contributed by atoms with Crippen LogP contribution in [0.2, 0.25) is 0 Å². The van der Waals surface area contributed by atoms with Crippen molar-refractivity contribution in [1.82, 2.24) is 9.97 Å². The summed E-state index contributed by atoms with van der Waals surface area (Å²) in [6.07, 6.45) is 2.51. The van der Waals surface area contributed by atoms with E-state index in [9.17, 15) is 0 Å². The zero-order chi connectivity index (χ0) is 13.7. The molecule has 0 aliphatic rings. The molecule has 1 N–H and O–H groups in total. The van der Waals surface area contributed by atoms with Gasteiger partial charge in [-0.2, -0.15) is 0 Å². The van der Waals surface area contributed by atoms with E-state index in [0.29, 0.717) is 6.54 Å². The molecule has 2 aromatic heterocycles. The van der Waals surface area contributed by atoms with Crippen LogP contribution in [0, 0.1) is 0 Å². The molecule has 2 heterocycles. The number of aryl methyl sites for hydroxylation is 1. The van der Waals surface area contributed by atoms with Gasteiger partial charge in [-0.25, -0.2) is 9.97 Å². The Morgan fingerprint density at radius 1 is 1.32 bits per heavy atom. The van der Waals surface area contributed by atoms with Crippen LogP contribution in [0.5, 0.6) is 0 Å². The van der Waals surface area contributed by atoms with Gasteiger partial charge in [0.05, 0.1) is 12.8 Å². The molecule has 0 aliphatic heterocycles. The summed E-state index contributed by atoms with van der Waals surface area (Å²) in [5.41, 5.74) is 0. The summed E-state index contributed by atoms with van der Waals surface area (Å²) in [5, 5.41) is 3.08. The van der Waals surface area contributed by atoms with Crippen LogP contribution in [0.4, 0.5) is 11.6 Å². The number of furan rings is 1. The van der Waals surface area contributed by atoms with Gasteiger partial charge >= 0.3 is 0 Å². The van der Waals surface area contributed by atoms with Crippen LogP contribution in [0.15, 0.2) is 28.9 Å². The molecule has 0 radical (unpaired) electrons. The topological polar surface area (TPSA) is 54.2 Å². The van der Waals surface area contributed by atoms with Crippen LogP contribution in [0.3, 0.4) is 0 Å². The third kappa shape index (κ3) is 3.24. The lowest BCUT2D eigenvalue weighted by Crippen LogP contribution is -2.23. The maximum absolute atomic E-state index is 5.40. The minimum absolute atomic E-state index is 0.715. The smallest absolute Gasteiger partial charge is 0.134 e. The predicted octanol–water partition coefficient (Wildman–Crippen LogP) is 2.70. The highest BCUT2D eigenvalue weighted by Gasteiger charge is 2.11. The summed E-state index contributed by atoms with van der Waals surface area (Å²) >= 11 is 0. The van der Waals surface area contributed by atoms with E-state index in [2.05, 4.69) is 34.0 Å². The predicted molar refractivity (Wildman–Crippen MR) is 76.4 cm³/mol. The van der Waals surface area contributed by atoms with E-state index in [1.807, 2.05) is 25.2 Å². The maximum atomic E-state index is 5.40. The van der Waals surface area contributed by atoms with Gasteiger partial charge in [0, 0.05) is 26.1 Å². The lowest BCUT2D eigenvalue weighted by Gasteiger charge is -2.21. The van der Waals surface area contributed by atoms with Crippen LogP contribution in [0.25, 0.3) is 0 Å². The van der Waals surface area contributed by atoms with Gasteiger partial charge in [0.2, 0.25) is 0 Å². The van der Waals surface area contributed by atoms with Crippen molar-refractivity contribution in [2.75, 3.05) is 23.8 Å². The molecule has 0 atom stereocenters. The first-order chi connectivity index (χ1) is 9.26. The van der Waals surface area contributed by atoms with Gasteiger partial charge < -0.3 is 14.6 Å². The Morgan fingerprint density at radius 3 is 2.74 bits per heavy atom. The van der Waals surface area contributed by atoms with Crippen molar-refractivity contribution in [3.8, 4) is 0 Å². The Labute approximate surface area is 113 Å². The zero-order valence-electron chi connectivity index (χ0n) is 11.7. The number of hydrogen-bond acceptors (Lipinski definition) is 5. The number of nitrogens with one attached hydrogen (secondary N) is 1. The minimum Gasteiger partial charge on any atom is -0.467 e. The maximum Gasteiger partial charge on any atom is 0.134 e. The fourth-order valence-electron chi connectivity index (χ4n) is 1.88. The van der Waals surface area contributed by atoms with Gasteiger partial charge in [-0.3, -0.25) is 0 Å². The molecule has 102 valence electrons. The first-order valence-corrected chi connectivity index (χ1v) is 6.59. The summed E-state index contributed by atoms with van der Waals surface area (Å²) in [6.45, 7) is 5.74. The Kier molecular flexibility index (Phi) is 4.39. The molecular weight excluding hydrogens is 240 g/mol. The van der Waals surface area contributed by atoms with Crippen LogP contribution in [-0.4, -0.2) is 23.6 Å². The van der Waals surface area contributed by atoms with Crippen LogP contribution in [0.1, 0.15) is 25.4 Å². The zero-order valence-corrected chi connectivity index (χ0v) is 11.7. The van der Waals surface area contributed by atoms with Crippen molar-refractivity contribution >= 4 is 11.6 Å². The number of anilines is 2. The van der Waals surface area contributed by atoms with Gasteiger partial charge in [0.25, 0.3) is 0 Å². The van der Waals surface area contributed by atoms with E-state index in [1.54, 1.807) is 6.26 Å². The molecule has 0 saturated carbocycles. The molecule has 2 rings (SSSR count). The molecule has 5 nitrogen and oxygen atoms in total. The minimum atomic E-state index is 0.715. The van der Waals surface area contributed by atoms with Crippen molar-refractivity contribution < 1.29 is 4.42 Å². The SMILES string of the molecule is CCc1nc(NC)cc(N(CC)Cc2ccco2)n1.